The minimum Gasteiger partial charge on any atom is -0.457 e. The zero-order valence-corrected chi connectivity index (χ0v) is 15.6. The van der Waals surface area contributed by atoms with Gasteiger partial charge in [-0.05, 0) is 66.7 Å². The molecule has 0 fully saturated rings. The summed E-state index contributed by atoms with van der Waals surface area (Å²) in [6, 6.07) is 17.2. The lowest BCUT2D eigenvalue weighted by molar-refractivity contribution is -0.137. The number of hydrogen-bond acceptors (Lipinski definition) is 3. The van der Waals surface area contributed by atoms with Crippen molar-refractivity contribution < 1.29 is 17.9 Å². The number of ether oxygens (including phenoxy) is 1. The van der Waals surface area contributed by atoms with Gasteiger partial charge < -0.3 is 21.5 Å². The highest BCUT2D eigenvalue weighted by atomic mass is 35.5. The van der Waals surface area contributed by atoms with E-state index in [4.69, 9.17) is 27.8 Å². The molecule has 3 aromatic rings. The summed E-state index contributed by atoms with van der Waals surface area (Å²) in [5, 5.41) is 2.56. The molecule has 0 saturated heterocycles. The Kier molecular flexibility index (Phi) is 5.84. The third kappa shape index (κ3) is 5.55. The van der Waals surface area contributed by atoms with Crippen molar-refractivity contribution >= 4 is 34.6 Å². The van der Waals surface area contributed by atoms with Crippen molar-refractivity contribution in [3.05, 3.63) is 77.3 Å². The number of benzene rings is 3. The summed E-state index contributed by atoms with van der Waals surface area (Å²) in [5.74, 6) is 1.09. The fraction of sp³-hybridized carbons (Fsp3) is 0.0500. The van der Waals surface area contributed by atoms with Crippen LogP contribution in [-0.4, -0.2) is 5.96 Å². The van der Waals surface area contributed by atoms with Gasteiger partial charge in [0.05, 0.1) is 16.3 Å². The second-order valence-corrected chi connectivity index (χ2v) is 6.38. The van der Waals surface area contributed by atoms with E-state index < -0.39 is 11.7 Å². The van der Waals surface area contributed by atoms with Crippen molar-refractivity contribution in [2.75, 3.05) is 5.32 Å². The highest BCUT2D eigenvalue weighted by molar-refractivity contribution is 6.31. The lowest BCUT2D eigenvalue weighted by Gasteiger charge is -2.13. The zero-order valence-electron chi connectivity index (χ0n) is 14.9. The van der Waals surface area contributed by atoms with Crippen LogP contribution >= 0.6 is 11.6 Å². The Bertz CT molecular complexity index is 1020. The Morgan fingerprint density at radius 2 is 1.41 bits per heavy atom. The number of anilines is 2. The summed E-state index contributed by atoms with van der Waals surface area (Å²) in [6.45, 7) is 0. The number of alkyl halides is 3. The van der Waals surface area contributed by atoms with Crippen LogP contribution in [0.2, 0.25) is 5.02 Å². The molecule has 0 aliphatic heterocycles. The highest BCUT2D eigenvalue weighted by Crippen LogP contribution is 2.37. The summed E-state index contributed by atoms with van der Waals surface area (Å²) < 4.78 is 44.6. The molecule has 0 aliphatic carbocycles. The maximum Gasteiger partial charge on any atom is 0.417 e. The molecule has 0 aromatic heterocycles. The van der Waals surface area contributed by atoms with E-state index in [2.05, 4.69) is 10.3 Å². The first-order valence-corrected chi connectivity index (χ1v) is 8.70. The van der Waals surface area contributed by atoms with E-state index in [1.54, 1.807) is 48.5 Å². The largest absolute Gasteiger partial charge is 0.457 e. The van der Waals surface area contributed by atoms with Crippen LogP contribution in [0.3, 0.4) is 0 Å². The Morgan fingerprint density at radius 3 is 1.97 bits per heavy atom. The molecular formula is C20H16ClF3N4O. The van der Waals surface area contributed by atoms with Gasteiger partial charge in [-0.1, -0.05) is 11.6 Å². The Labute approximate surface area is 169 Å². The predicted molar refractivity (Wildman–Crippen MR) is 108 cm³/mol. The van der Waals surface area contributed by atoms with Crippen LogP contribution in [0.15, 0.2) is 71.7 Å². The smallest absolute Gasteiger partial charge is 0.417 e. The van der Waals surface area contributed by atoms with Gasteiger partial charge in [0, 0.05) is 11.4 Å². The monoisotopic (exact) mass is 420 g/mol. The lowest BCUT2D eigenvalue weighted by atomic mass is 10.2. The van der Waals surface area contributed by atoms with Crippen LogP contribution in [0.4, 0.5) is 30.2 Å². The zero-order chi connectivity index (χ0) is 21.0. The quantitative estimate of drug-likeness (QED) is 0.359. The van der Waals surface area contributed by atoms with Crippen LogP contribution in [0.1, 0.15) is 5.56 Å². The Hall–Kier alpha value is -3.39. The minimum atomic E-state index is -4.52. The average Bonchev–Trinajstić information content (AvgIpc) is 2.65. The summed E-state index contributed by atoms with van der Waals surface area (Å²) in [4.78, 5) is 3.92. The van der Waals surface area contributed by atoms with Crippen LogP contribution < -0.4 is 21.5 Å². The van der Waals surface area contributed by atoms with Crippen molar-refractivity contribution in [3.8, 4) is 11.5 Å². The average molecular weight is 421 g/mol. The van der Waals surface area contributed by atoms with Crippen LogP contribution in [-0.2, 0) is 6.18 Å². The fourth-order valence-electron chi connectivity index (χ4n) is 2.47. The summed E-state index contributed by atoms with van der Waals surface area (Å²) in [6.07, 6.45) is -4.52. The normalized spacial score (nSPS) is 11.0. The molecule has 0 radical (unpaired) electrons. The number of nitrogens with two attached hydrogens (primary N) is 2. The lowest BCUT2D eigenvalue weighted by Crippen LogP contribution is -2.21. The van der Waals surface area contributed by atoms with Crippen molar-refractivity contribution in [2.45, 2.75) is 6.18 Å². The van der Waals surface area contributed by atoms with Crippen molar-refractivity contribution in [1.82, 2.24) is 0 Å². The molecule has 0 bridgehead atoms. The van der Waals surface area contributed by atoms with Crippen LogP contribution in [0, 0.1) is 0 Å². The standard InChI is InChI=1S/C20H16ClF3N4O/c21-18-10-5-14(11-17(18)20(22,23)24)27-12-1-6-15(7-2-12)29-16-8-3-13(4-9-16)28-19(25)26/h1-11,27H,(H4,25,26,28). The molecule has 29 heavy (non-hydrogen) atoms. The first-order chi connectivity index (χ1) is 13.7. The molecule has 5 N–H and O–H groups in total. The van der Waals surface area contributed by atoms with Gasteiger partial charge in [0.15, 0.2) is 5.96 Å². The third-order valence-electron chi connectivity index (χ3n) is 3.75. The molecule has 0 atom stereocenters. The number of aliphatic imine (C=N–C) groups is 1. The molecule has 3 rings (SSSR count). The molecule has 5 nitrogen and oxygen atoms in total. The Balaban J connectivity index is 1.68. The maximum absolute atomic E-state index is 13.0. The molecule has 9 heteroatoms. The SMILES string of the molecule is NC(N)=Nc1ccc(Oc2ccc(Nc3ccc(Cl)c(C(F)(F)F)c3)cc2)cc1. The van der Waals surface area contributed by atoms with Gasteiger partial charge in [0.2, 0.25) is 0 Å². The number of halogens is 4. The molecule has 0 spiro atoms. The number of nitrogens with zero attached hydrogens (tertiary/aromatic N) is 1. The third-order valence-corrected chi connectivity index (χ3v) is 4.07. The maximum atomic E-state index is 13.0. The van der Waals surface area contributed by atoms with E-state index in [0.717, 1.165) is 6.07 Å². The van der Waals surface area contributed by atoms with Gasteiger partial charge in [-0.15, -0.1) is 0 Å². The second-order valence-electron chi connectivity index (χ2n) is 5.97. The molecule has 0 unspecified atom stereocenters. The second kappa shape index (κ2) is 8.32. The van der Waals surface area contributed by atoms with Crippen LogP contribution in [0.5, 0.6) is 11.5 Å². The topological polar surface area (TPSA) is 85.7 Å². The first kappa shape index (κ1) is 20.3. The molecule has 150 valence electrons. The van der Waals surface area contributed by atoms with Crippen LogP contribution in [0.25, 0.3) is 0 Å². The first-order valence-electron chi connectivity index (χ1n) is 8.32. The Morgan fingerprint density at radius 1 is 0.862 bits per heavy atom. The summed E-state index contributed by atoms with van der Waals surface area (Å²) in [5.41, 5.74) is 11.2. The van der Waals surface area contributed by atoms with Gasteiger partial charge in [-0.2, -0.15) is 13.2 Å². The number of guanidine groups is 1. The fourth-order valence-corrected chi connectivity index (χ4v) is 2.69. The van der Waals surface area contributed by atoms with E-state index >= 15 is 0 Å². The summed E-state index contributed by atoms with van der Waals surface area (Å²) >= 11 is 5.63. The molecular weight excluding hydrogens is 405 g/mol. The predicted octanol–water partition coefficient (Wildman–Crippen LogP) is 5.80. The van der Waals surface area contributed by atoms with E-state index in [0.29, 0.717) is 22.9 Å². The van der Waals surface area contributed by atoms with Gasteiger partial charge in [0.1, 0.15) is 11.5 Å². The minimum absolute atomic E-state index is 0.0372. The molecule has 3 aromatic carbocycles. The number of nitrogens with one attached hydrogen (secondary N) is 1. The molecule has 0 aliphatic rings. The van der Waals surface area contributed by atoms with E-state index in [-0.39, 0.29) is 16.7 Å². The highest BCUT2D eigenvalue weighted by Gasteiger charge is 2.33. The van der Waals surface area contributed by atoms with Gasteiger partial charge in [-0.3, -0.25) is 0 Å². The van der Waals surface area contributed by atoms with Gasteiger partial charge >= 0.3 is 6.18 Å². The molecule has 0 amide bonds. The number of hydrogen-bond donors (Lipinski definition) is 3. The van der Waals surface area contributed by atoms with Crippen molar-refractivity contribution in [2.24, 2.45) is 16.5 Å². The van der Waals surface area contributed by atoms with Crippen molar-refractivity contribution in [3.63, 3.8) is 0 Å². The van der Waals surface area contributed by atoms with E-state index in [1.165, 1.54) is 12.1 Å². The van der Waals surface area contributed by atoms with Crippen molar-refractivity contribution in [1.29, 1.82) is 0 Å². The van der Waals surface area contributed by atoms with Gasteiger partial charge in [0.25, 0.3) is 0 Å². The molecule has 0 heterocycles. The molecule has 0 saturated carbocycles. The van der Waals surface area contributed by atoms with E-state index in [1.807, 2.05) is 0 Å². The number of rotatable bonds is 5. The summed E-state index contributed by atoms with van der Waals surface area (Å²) in [7, 11) is 0. The van der Waals surface area contributed by atoms with E-state index in [9.17, 15) is 13.2 Å². The van der Waals surface area contributed by atoms with Gasteiger partial charge in [-0.25, -0.2) is 4.99 Å².